The quantitative estimate of drug-likeness (QED) is 0.715. The van der Waals surface area contributed by atoms with Crippen LogP contribution in [-0.4, -0.2) is 38.7 Å². The second-order valence-electron chi connectivity index (χ2n) is 7.84. The third-order valence-electron chi connectivity index (χ3n) is 5.90. The van der Waals surface area contributed by atoms with Crippen molar-refractivity contribution in [2.45, 2.75) is 46.1 Å². The number of anilines is 1. The van der Waals surface area contributed by atoms with Crippen molar-refractivity contribution in [2.24, 2.45) is 0 Å². The zero-order valence-electron chi connectivity index (χ0n) is 16.9. The van der Waals surface area contributed by atoms with E-state index >= 15 is 0 Å². The Kier molecular flexibility index (Phi) is 4.72. The molecule has 0 atom stereocenters. The van der Waals surface area contributed by atoms with Crippen LogP contribution in [0.15, 0.2) is 24.3 Å². The monoisotopic (exact) mass is 407 g/mol. The highest BCUT2D eigenvalue weighted by Gasteiger charge is 2.28. The number of hydrogen-bond donors (Lipinski definition) is 1. The molecule has 29 heavy (non-hydrogen) atoms. The summed E-state index contributed by atoms with van der Waals surface area (Å²) in [5.41, 5.74) is 6.14. The highest BCUT2D eigenvalue weighted by atomic mass is 32.1. The zero-order valence-corrected chi connectivity index (χ0v) is 17.7. The first-order valence-corrected chi connectivity index (χ1v) is 11.1. The molecule has 2 aromatic heterocycles. The van der Waals surface area contributed by atoms with E-state index in [1.54, 1.807) is 11.3 Å². The highest BCUT2D eigenvalue weighted by Crippen LogP contribution is 2.31. The number of carbonyl (C=O) groups excluding carboxylic acids is 1. The molecule has 6 nitrogen and oxygen atoms in total. The molecule has 1 aromatic carbocycles. The second kappa shape index (κ2) is 7.39. The van der Waals surface area contributed by atoms with Crippen LogP contribution < -0.4 is 5.32 Å². The Balaban J connectivity index is 1.42. The van der Waals surface area contributed by atoms with Crippen LogP contribution in [0.1, 0.15) is 51.2 Å². The van der Waals surface area contributed by atoms with Crippen LogP contribution in [0.25, 0.3) is 5.69 Å². The first-order valence-electron chi connectivity index (χ1n) is 10.3. The largest absolute Gasteiger partial charge is 0.298 e. The second-order valence-corrected chi connectivity index (χ2v) is 8.92. The Labute approximate surface area is 174 Å². The standard InChI is InChI=1S/C22H25N5OS/c1-3-26-12-11-17-19(13-26)29-22(23-17)24-21(28)20-16-5-4-6-18(16)27(25-20)15-9-7-14(2)8-10-15/h7-10H,3-6,11-13H2,1-2H3,(H,23,24,28). The normalized spacial score (nSPS) is 15.9. The summed E-state index contributed by atoms with van der Waals surface area (Å²) in [5.74, 6) is -0.146. The molecule has 1 aliphatic heterocycles. The number of carbonyl (C=O) groups is 1. The van der Waals surface area contributed by atoms with Crippen molar-refractivity contribution in [3.8, 4) is 5.69 Å². The highest BCUT2D eigenvalue weighted by molar-refractivity contribution is 7.15. The van der Waals surface area contributed by atoms with Crippen molar-refractivity contribution >= 4 is 22.4 Å². The van der Waals surface area contributed by atoms with Crippen molar-refractivity contribution in [3.05, 3.63) is 57.4 Å². The molecule has 0 unspecified atom stereocenters. The summed E-state index contributed by atoms with van der Waals surface area (Å²) in [6, 6.07) is 8.30. The van der Waals surface area contributed by atoms with E-state index in [0.717, 1.165) is 68.0 Å². The molecule has 0 bridgehead atoms. The average Bonchev–Trinajstić information content (AvgIpc) is 3.42. The molecule has 150 valence electrons. The summed E-state index contributed by atoms with van der Waals surface area (Å²) < 4.78 is 1.95. The summed E-state index contributed by atoms with van der Waals surface area (Å²) in [6.45, 7) is 7.26. The van der Waals surface area contributed by atoms with Crippen molar-refractivity contribution in [3.63, 3.8) is 0 Å². The van der Waals surface area contributed by atoms with Crippen molar-refractivity contribution in [2.75, 3.05) is 18.4 Å². The molecule has 0 saturated carbocycles. The lowest BCUT2D eigenvalue weighted by Crippen LogP contribution is -2.29. The molecule has 5 rings (SSSR count). The van der Waals surface area contributed by atoms with Gasteiger partial charge in [-0.2, -0.15) is 5.10 Å². The van der Waals surface area contributed by atoms with Gasteiger partial charge >= 0.3 is 0 Å². The molecule has 0 fully saturated rings. The summed E-state index contributed by atoms with van der Waals surface area (Å²) in [6.07, 6.45) is 3.89. The molecule has 0 saturated heterocycles. The average molecular weight is 408 g/mol. The SMILES string of the molecule is CCN1CCc2nc(NC(=O)c3nn(-c4ccc(C)cc4)c4c3CCC4)sc2C1. The number of nitrogens with one attached hydrogen (secondary N) is 1. The number of aryl methyl sites for hydroxylation is 1. The number of aromatic nitrogens is 3. The van der Waals surface area contributed by atoms with Crippen LogP contribution in [0.3, 0.4) is 0 Å². The Morgan fingerprint density at radius 2 is 2.03 bits per heavy atom. The van der Waals surface area contributed by atoms with Gasteiger partial charge in [-0.25, -0.2) is 9.67 Å². The van der Waals surface area contributed by atoms with E-state index in [0.29, 0.717) is 10.8 Å². The zero-order chi connectivity index (χ0) is 20.0. The Bertz CT molecular complexity index is 1070. The van der Waals surface area contributed by atoms with Crippen LogP contribution in [0.5, 0.6) is 0 Å². The summed E-state index contributed by atoms with van der Waals surface area (Å²) in [4.78, 5) is 21.4. The lowest BCUT2D eigenvalue weighted by atomic mass is 10.2. The molecule has 1 amide bonds. The number of rotatable bonds is 4. The molecule has 0 radical (unpaired) electrons. The molecule has 0 spiro atoms. The van der Waals surface area contributed by atoms with E-state index in [2.05, 4.69) is 53.3 Å². The molecular weight excluding hydrogens is 382 g/mol. The summed E-state index contributed by atoms with van der Waals surface area (Å²) in [7, 11) is 0. The lowest BCUT2D eigenvalue weighted by molar-refractivity contribution is 0.102. The minimum atomic E-state index is -0.146. The fraction of sp³-hybridized carbons (Fsp3) is 0.409. The predicted molar refractivity (Wildman–Crippen MR) is 115 cm³/mol. The van der Waals surface area contributed by atoms with Gasteiger partial charge in [-0.3, -0.25) is 15.0 Å². The number of fused-ring (bicyclic) bond motifs is 2. The van der Waals surface area contributed by atoms with E-state index in [1.165, 1.54) is 10.4 Å². The van der Waals surface area contributed by atoms with Crippen molar-refractivity contribution in [1.29, 1.82) is 0 Å². The van der Waals surface area contributed by atoms with Gasteiger partial charge in [-0.05, 0) is 44.9 Å². The van der Waals surface area contributed by atoms with Crippen LogP contribution in [0, 0.1) is 6.92 Å². The Morgan fingerprint density at radius 1 is 1.21 bits per heavy atom. The molecule has 1 aliphatic carbocycles. The number of amides is 1. The van der Waals surface area contributed by atoms with E-state index in [-0.39, 0.29) is 5.91 Å². The minimum Gasteiger partial charge on any atom is -0.298 e. The third kappa shape index (κ3) is 3.38. The van der Waals surface area contributed by atoms with E-state index in [1.807, 2.05) is 4.68 Å². The maximum Gasteiger partial charge on any atom is 0.278 e. The molecule has 7 heteroatoms. The van der Waals surface area contributed by atoms with Gasteiger partial charge in [0.25, 0.3) is 5.91 Å². The minimum absolute atomic E-state index is 0.146. The number of thiazole rings is 1. The van der Waals surface area contributed by atoms with Gasteiger partial charge in [0.2, 0.25) is 0 Å². The number of nitrogens with zero attached hydrogens (tertiary/aromatic N) is 4. The van der Waals surface area contributed by atoms with Gasteiger partial charge in [-0.15, -0.1) is 11.3 Å². The summed E-state index contributed by atoms with van der Waals surface area (Å²) >= 11 is 1.60. The fourth-order valence-corrected chi connectivity index (χ4v) is 5.29. The Morgan fingerprint density at radius 3 is 2.83 bits per heavy atom. The van der Waals surface area contributed by atoms with Gasteiger partial charge in [0.1, 0.15) is 0 Å². The van der Waals surface area contributed by atoms with Crippen LogP contribution in [0.2, 0.25) is 0 Å². The van der Waals surface area contributed by atoms with E-state index in [9.17, 15) is 4.79 Å². The maximum absolute atomic E-state index is 13.1. The van der Waals surface area contributed by atoms with Gasteiger partial charge in [0.15, 0.2) is 10.8 Å². The molecule has 1 N–H and O–H groups in total. The van der Waals surface area contributed by atoms with Crippen LogP contribution in [-0.2, 0) is 25.8 Å². The predicted octanol–water partition coefficient (Wildman–Crippen LogP) is 3.76. The van der Waals surface area contributed by atoms with Gasteiger partial charge in [0.05, 0.1) is 11.4 Å². The lowest BCUT2D eigenvalue weighted by Gasteiger charge is -2.23. The van der Waals surface area contributed by atoms with Crippen LogP contribution >= 0.6 is 11.3 Å². The number of hydrogen-bond acceptors (Lipinski definition) is 5. The first-order chi connectivity index (χ1) is 14.1. The van der Waals surface area contributed by atoms with Gasteiger partial charge < -0.3 is 0 Å². The molecular formula is C22H25N5OS. The summed E-state index contributed by atoms with van der Waals surface area (Å²) in [5, 5.41) is 8.42. The Hall–Kier alpha value is -2.51. The third-order valence-corrected chi connectivity index (χ3v) is 6.90. The van der Waals surface area contributed by atoms with E-state index < -0.39 is 0 Å². The van der Waals surface area contributed by atoms with E-state index in [4.69, 9.17) is 5.10 Å². The molecule has 2 aliphatic rings. The van der Waals surface area contributed by atoms with Crippen LogP contribution in [0.4, 0.5) is 5.13 Å². The van der Waals surface area contributed by atoms with Crippen molar-refractivity contribution in [1.82, 2.24) is 19.7 Å². The van der Waals surface area contributed by atoms with Gasteiger partial charge in [-0.1, -0.05) is 24.6 Å². The number of benzene rings is 1. The smallest absolute Gasteiger partial charge is 0.278 e. The number of likely N-dealkylation sites (N-methyl/N-ethyl adjacent to an activating group) is 1. The van der Waals surface area contributed by atoms with Crippen molar-refractivity contribution < 1.29 is 4.79 Å². The van der Waals surface area contributed by atoms with Gasteiger partial charge in [0, 0.05) is 35.6 Å². The fourth-order valence-electron chi connectivity index (χ4n) is 4.25. The maximum atomic E-state index is 13.1. The topological polar surface area (TPSA) is 63.1 Å². The first kappa shape index (κ1) is 18.5. The molecule has 3 heterocycles. The molecule has 3 aromatic rings.